The van der Waals surface area contributed by atoms with Gasteiger partial charge in [-0.3, -0.25) is 0 Å². The van der Waals surface area contributed by atoms with Crippen LogP contribution in [-0.4, -0.2) is 27.7 Å². The molecule has 154 valence electrons. The summed E-state index contributed by atoms with van der Waals surface area (Å²) in [5.74, 6) is -1.98. The lowest BCUT2D eigenvalue weighted by molar-refractivity contribution is -0.141. The molecule has 0 fully saturated rings. The topological polar surface area (TPSA) is 98.7 Å². The summed E-state index contributed by atoms with van der Waals surface area (Å²) in [6.45, 7) is 7.42. The molecule has 2 aromatic rings. The van der Waals surface area contributed by atoms with Crippen molar-refractivity contribution < 1.29 is 19.8 Å². The fourth-order valence-electron chi connectivity index (χ4n) is 3.82. The molecule has 6 nitrogen and oxygen atoms in total. The van der Waals surface area contributed by atoms with E-state index in [-0.39, 0.29) is 17.0 Å². The van der Waals surface area contributed by atoms with Crippen molar-refractivity contribution >= 4 is 34.9 Å². The van der Waals surface area contributed by atoms with E-state index in [4.69, 9.17) is 11.6 Å². The predicted molar refractivity (Wildman–Crippen MR) is 114 cm³/mol. The number of nitrogens with one attached hydrogen (secondary N) is 2. The third-order valence-corrected chi connectivity index (χ3v) is 5.56. The number of carbonyl (C=O) groups is 2. The number of benzene rings is 2. The highest BCUT2D eigenvalue weighted by Crippen LogP contribution is 2.47. The van der Waals surface area contributed by atoms with Gasteiger partial charge in [0.05, 0.1) is 17.3 Å². The molecule has 0 saturated heterocycles. The first kappa shape index (κ1) is 21.0. The van der Waals surface area contributed by atoms with E-state index < -0.39 is 17.5 Å². The van der Waals surface area contributed by atoms with E-state index >= 15 is 0 Å². The number of anilines is 2. The predicted octanol–water partition coefficient (Wildman–Crippen LogP) is 5.05. The average molecular weight is 417 g/mol. The van der Waals surface area contributed by atoms with Gasteiger partial charge in [0.15, 0.2) is 0 Å². The molecule has 0 bridgehead atoms. The Bertz CT molecular complexity index is 985. The van der Waals surface area contributed by atoms with E-state index in [2.05, 4.69) is 24.5 Å². The van der Waals surface area contributed by atoms with Gasteiger partial charge in [-0.15, -0.1) is 0 Å². The molecule has 0 amide bonds. The summed E-state index contributed by atoms with van der Waals surface area (Å²) in [7, 11) is 0. The molecule has 1 aliphatic rings. The van der Waals surface area contributed by atoms with Crippen molar-refractivity contribution in [1.82, 2.24) is 0 Å². The molecule has 0 radical (unpaired) electrons. The SMILES string of the molecule is CC(C)(Nc1cccc(C2Nc3c(cc(Cl)cc3C(=O)O)CC2(C)C)c1)C(=O)O. The van der Waals surface area contributed by atoms with Crippen molar-refractivity contribution in [1.29, 1.82) is 0 Å². The van der Waals surface area contributed by atoms with Gasteiger partial charge in [0, 0.05) is 10.7 Å². The molecule has 0 aliphatic carbocycles. The Labute approximate surface area is 174 Å². The van der Waals surface area contributed by atoms with Crippen LogP contribution < -0.4 is 10.6 Å². The van der Waals surface area contributed by atoms with Crippen LogP contribution in [-0.2, 0) is 11.2 Å². The summed E-state index contributed by atoms with van der Waals surface area (Å²) in [6, 6.07) is 10.7. The van der Waals surface area contributed by atoms with Gasteiger partial charge in [-0.1, -0.05) is 37.6 Å². The standard InChI is InChI=1S/C22H25ClN2O4/c1-21(2)11-13-8-14(23)10-16(19(26)27)17(13)24-18(21)12-6-5-7-15(9-12)25-22(3,4)20(28)29/h5-10,18,24-25H,11H2,1-4H3,(H,26,27)(H,28,29). The molecule has 0 saturated carbocycles. The zero-order valence-electron chi connectivity index (χ0n) is 16.8. The van der Waals surface area contributed by atoms with Gasteiger partial charge < -0.3 is 20.8 Å². The molecular weight excluding hydrogens is 392 g/mol. The smallest absolute Gasteiger partial charge is 0.337 e. The highest BCUT2D eigenvalue weighted by Gasteiger charge is 2.38. The molecular formula is C22H25ClN2O4. The van der Waals surface area contributed by atoms with Crippen molar-refractivity contribution in [3.05, 3.63) is 58.1 Å². The first-order chi connectivity index (χ1) is 13.4. The highest BCUT2D eigenvalue weighted by molar-refractivity contribution is 6.31. The summed E-state index contributed by atoms with van der Waals surface area (Å²) >= 11 is 6.13. The second-order valence-electron chi connectivity index (χ2n) is 8.72. The monoisotopic (exact) mass is 416 g/mol. The summed E-state index contributed by atoms with van der Waals surface area (Å²) < 4.78 is 0. The average Bonchev–Trinajstić information content (AvgIpc) is 2.59. The number of fused-ring (bicyclic) bond motifs is 1. The van der Waals surface area contributed by atoms with E-state index in [1.165, 1.54) is 6.07 Å². The minimum absolute atomic E-state index is 0.147. The van der Waals surface area contributed by atoms with Crippen molar-refractivity contribution in [3.8, 4) is 0 Å². The van der Waals surface area contributed by atoms with Crippen LogP contribution in [0.4, 0.5) is 11.4 Å². The molecule has 29 heavy (non-hydrogen) atoms. The lowest BCUT2D eigenvalue weighted by Gasteiger charge is -2.42. The normalized spacial score (nSPS) is 17.8. The number of hydrogen-bond donors (Lipinski definition) is 4. The zero-order valence-corrected chi connectivity index (χ0v) is 17.6. The maximum atomic E-state index is 11.7. The van der Waals surface area contributed by atoms with Crippen LogP contribution in [0.3, 0.4) is 0 Å². The van der Waals surface area contributed by atoms with Crippen LogP contribution >= 0.6 is 11.6 Å². The van der Waals surface area contributed by atoms with Crippen LogP contribution in [0.2, 0.25) is 5.02 Å². The molecule has 2 aromatic carbocycles. The molecule has 0 spiro atoms. The van der Waals surface area contributed by atoms with Gasteiger partial charge in [-0.25, -0.2) is 9.59 Å². The van der Waals surface area contributed by atoms with Crippen LogP contribution in [0.25, 0.3) is 0 Å². The molecule has 3 rings (SSSR count). The number of carboxylic acid groups (broad SMARTS) is 2. The third kappa shape index (κ3) is 4.17. The first-order valence-corrected chi connectivity index (χ1v) is 9.72. The summed E-state index contributed by atoms with van der Waals surface area (Å²) in [5, 5.41) is 25.8. The van der Waals surface area contributed by atoms with Crippen molar-refractivity contribution in [3.63, 3.8) is 0 Å². The Balaban J connectivity index is 2.01. The van der Waals surface area contributed by atoms with E-state index in [0.29, 0.717) is 22.8 Å². The van der Waals surface area contributed by atoms with Crippen molar-refractivity contribution in [2.24, 2.45) is 5.41 Å². The molecule has 0 aromatic heterocycles. The third-order valence-electron chi connectivity index (χ3n) is 5.34. The largest absolute Gasteiger partial charge is 0.480 e. The Hall–Kier alpha value is -2.73. The van der Waals surface area contributed by atoms with E-state index in [1.807, 2.05) is 30.3 Å². The van der Waals surface area contributed by atoms with Gasteiger partial charge in [0.2, 0.25) is 0 Å². The summed E-state index contributed by atoms with van der Waals surface area (Å²) in [4.78, 5) is 23.2. The van der Waals surface area contributed by atoms with Gasteiger partial charge in [0.1, 0.15) is 5.54 Å². The van der Waals surface area contributed by atoms with Crippen LogP contribution in [0.15, 0.2) is 36.4 Å². The summed E-state index contributed by atoms with van der Waals surface area (Å²) in [6.07, 6.45) is 0.652. The van der Waals surface area contributed by atoms with Crippen molar-refractivity contribution in [2.45, 2.75) is 45.7 Å². The molecule has 4 N–H and O–H groups in total. The highest BCUT2D eigenvalue weighted by atomic mass is 35.5. The van der Waals surface area contributed by atoms with Crippen LogP contribution in [0, 0.1) is 5.41 Å². The maximum absolute atomic E-state index is 11.7. The number of aromatic carboxylic acids is 1. The number of aliphatic carboxylic acids is 1. The van der Waals surface area contributed by atoms with Gasteiger partial charge >= 0.3 is 11.9 Å². The van der Waals surface area contributed by atoms with Crippen LogP contribution in [0.1, 0.15) is 55.2 Å². The lowest BCUT2D eigenvalue weighted by Crippen LogP contribution is -2.40. The second kappa shape index (κ2) is 7.26. The zero-order chi connectivity index (χ0) is 21.6. The molecule has 1 aliphatic heterocycles. The van der Waals surface area contributed by atoms with E-state index in [1.54, 1.807) is 13.8 Å². The second-order valence-corrected chi connectivity index (χ2v) is 9.15. The fourth-order valence-corrected chi connectivity index (χ4v) is 4.06. The maximum Gasteiger partial charge on any atom is 0.337 e. The molecule has 1 heterocycles. The Morgan fingerprint density at radius 3 is 2.52 bits per heavy atom. The fraction of sp³-hybridized carbons (Fsp3) is 0.364. The number of rotatable bonds is 5. The quantitative estimate of drug-likeness (QED) is 0.544. The van der Waals surface area contributed by atoms with Gasteiger partial charge in [0.25, 0.3) is 0 Å². The van der Waals surface area contributed by atoms with Gasteiger partial charge in [-0.2, -0.15) is 0 Å². The number of halogens is 1. The van der Waals surface area contributed by atoms with E-state index in [9.17, 15) is 19.8 Å². The Morgan fingerprint density at radius 2 is 1.90 bits per heavy atom. The molecule has 1 unspecified atom stereocenters. The minimum Gasteiger partial charge on any atom is -0.480 e. The molecule has 7 heteroatoms. The minimum atomic E-state index is -1.12. The van der Waals surface area contributed by atoms with Gasteiger partial charge in [-0.05, 0) is 61.1 Å². The van der Waals surface area contributed by atoms with E-state index in [0.717, 1.165) is 11.1 Å². The first-order valence-electron chi connectivity index (χ1n) is 9.34. The Morgan fingerprint density at radius 1 is 1.21 bits per heavy atom. The Kier molecular flexibility index (Phi) is 5.26. The number of carboxylic acids is 2. The van der Waals surface area contributed by atoms with Crippen LogP contribution in [0.5, 0.6) is 0 Å². The lowest BCUT2D eigenvalue weighted by atomic mass is 9.72. The van der Waals surface area contributed by atoms with Crippen molar-refractivity contribution in [2.75, 3.05) is 10.6 Å². The summed E-state index contributed by atoms with van der Waals surface area (Å²) in [5.41, 5.74) is 1.88. The molecule has 1 atom stereocenters. The number of hydrogen-bond acceptors (Lipinski definition) is 4.